The third-order valence-electron chi connectivity index (χ3n) is 4.08. The van der Waals surface area contributed by atoms with Crippen LogP contribution in [0.5, 0.6) is 0 Å². The monoisotopic (exact) mass is 352 g/mol. The number of aromatic nitrogens is 2. The van der Waals surface area contributed by atoms with Crippen LogP contribution in [0.3, 0.4) is 0 Å². The number of nitrogens with one attached hydrogen (secondary N) is 2. The van der Waals surface area contributed by atoms with Gasteiger partial charge in [-0.3, -0.25) is 4.68 Å². The van der Waals surface area contributed by atoms with Crippen molar-refractivity contribution in [3.05, 3.63) is 17.5 Å². The molecule has 1 amide bonds. The van der Waals surface area contributed by atoms with E-state index in [4.69, 9.17) is 4.74 Å². The summed E-state index contributed by atoms with van der Waals surface area (Å²) in [6.45, 7) is 17.4. The molecule has 1 rings (SSSR count). The van der Waals surface area contributed by atoms with E-state index in [1.165, 1.54) is 5.69 Å². The van der Waals surface area contributed by atoms with E-state index in [9.17, 15) is 4.79 Å². The molecule has 0 aliphatic rings. The molecule has 0 aliphatic heterocycles. The first-order valence-electron chi connectivity index (χ1n) is 9.27. The van der Waals surface area contributed by atoms with E-state index in [0.29, 0.717) is 18.4 Å². The molecule has 6 nitrogen and oxygen atoms in total. The third-order valence-corrected chi connectivity index (χ3v) is 4.08. The molecule has 0 bridgehead atoms. The SMILES string of the molecule is Cc1cc(C)n(CCCNCC(CNC(=O)OC(C)(C)C)C(C)C)n1. The second kappa shape index (κ2) is 9.80. The maximum atomic E-state index is 11.8. The predicted octanol–water partition coefficient (Wildman–Crippen LogP) is 3.28. The summed E-state index contributed by atoms with van der Waals surface area (Å²) in [7, 11) is 0. The van der Waals surface area contributed by atoms with Crippen molar-refractivity contribution in [3.8, 4) is 0 Å². The topological polar surface area (TPSA) is 68.2 Å². The van der Waals surface area contributed by atoms with Gasteiger partial charge in [0.1, 0.15) is 5.60 Å². The van der Waals surface area contributed by atoms with Gasteiger partial charge < -0.3 is 15.4 Å². The van der Waals surface area contributed by atoms with Gasteiger partial charge in [-0.2, -0.15) is 5.10 Å². The predicted molar refractivity (Wildman–Crippen MR) is 102 cm³/mol. The average molecular weight is 353 g/mol. The molecule has 6 heteroatoms. The van der Waals surface area contributed by atoms with E-state index in [2.05, 4.69) is 47.3 Å². The molecule has 0 radical (unpaired) electrons. The maximum Gasteiger partial charge on any atom is 0.407 e. The van der Waals surface area contributed by atoms with Gasteiger partial charge in [0.2, 0.25) is 0 Å². The number of amides is 1. The highest BCUT2D eigenvalue weighted by molar-refractivity contribution is 5.67. The van der Waals surface area contributed by atoms with Crippen molar-refractivity contribution in [2.24, 2.45) is 11.8 Å². The molecule has 25 heavy (non-hydrogen) atoms. The molecule has 1 heterocycles. The fraction of sp³-hybridized carbons (Fsp3) is 0.789. The zero-order valence-corrected chi connectivity index (χ0v) is 17.0. The van der Waals surface area contributed by atoms with Crippen LogP contribution in [0.1, 0.15) is 52.4 Å². The van der Waals surface area contributed by atoms with Crippen molar-refractivity contribution in [2.75, 3.05) is 19.6 Å². The van der Waals surface area contributed by atoms with Crippen LogP contribution in [0.4, 0.5) is 4.79 Å². The number of rotatable bonds is 9. The quantitative estimate of drug-likeness (QED) is 0.669. The lowest BCUT2D eigenvalue weighted by atomic mass is 9.96. The van der Waals surface area contributed by atoms with E-state index in [0.717, 1.165) is 31.7 Å². The fourth-order valence-corrected chi connectivity index (χ4v) is 2.61. The number of hydrogen-bond acceptors (Lipinski definition) is 4. The lowest BCUT2D eigenvalue weighted by Crippen LogP contribution is -2.39. The molecule has 1 aromatic heterocycles. The maximum absolute atomic E-state index is 11.8. The van der Waals surface area contributed by atoms with Gasteiger partial charge in [0, 0.05) is 18.8 Å². The number of nitrogens with zero attached hydrogens (tertiary/aromatic N) is 2. The Bertz CT molecular complexity index is 532. The van der Waals surface area contributed by atoms with Gasteiger partial charge in [-0.15, -0.1) is 0 Å². The highest BCUT2D eigenvalue weighted by Gasteiger charge is 2.18. The summed E-state index contributed by atoms with van der Waals surface area (Å²) in [5.74, 6) is 0.861. The Labute approximate surface area is 152 Å². The van der Waals surface area contributed by atoms with Crippen molar-refractivity contribution in [3.63, 3.8) is 0 Å². The molecule has 0 aromatic carbocycles. The van der Waals surface area contributed by atoms with Crippen molar-refractivity contribution in [1.82, 2.24) is 20.4 Å². The number of carbonyl (C=O) groups excluding carboxylic acids is 1. The van der Waals surface area contributed by atoms with Gasteiger partial charge in [0.05, 0.1) is 5.69 Å². The highest BCUT2D eigenvalue weighted by atomic mass is 16.6. The van der Waals surface area contributed by atoms with E-state index in [1.807, 2.05) is 27.7 Å². The molecular formula is C19H36N4O2. The van der Waals surface area contributed by atoms with E-state index in [1.54, 1.807) is 0 Å². The van der Waals surface area contributed by atoms with Crippen LogP contribution in [0, 0.1) is 25.7 Å². The van der Waals surface area contributed by atoms with E-state index < -0.39 is 5.60 Å². The molecule has 0 aliphatic carbocycles. The third kappa shape index (κ3) is 8.91. The van der Waals surface area contributed by atoms with Crippen LogP contribution in [0.15, 0.2) is 6.07 Å². The van der Waals surface area contributed by atoms with Crippen LogP contribution >= 0.6 is 0 Å². The normalized spacial score (nSPS) is 13.1. The lowest BCUT2D eigenvalue weighted by molar-refractivity contribution is 0.0515. The Balaban J connectivity index is 2.26. The molecular weight excluding hydrogens is 316 g/mol. The molecule has 0 fully saturated rings. The van der Waals surface area contributed by atoms with E-state index in [-0.39, 0.29) is 6.09 Å². The summed E-state index contributed by atoms with van der Waals surface area (Å²) in [4.78, 5) is 11.8. The lowest BCUT2D eigenvalue weighted by Gasteiger charge is -2.24. The smallest absolute Gasteiger partial charge is 0.407 e. The summed E-state index contributed by atoms with van der Waals surface area (Å²) >= 11 is 0. The summed E-state index contributed by atoms with van der Waals surface area (Å²) in [5.41, 5.74) is 1.82. The van der Waals surface area contributed by atoms with Gasteiger partial charge in [-0.1, -0.05) is 13.8 Å². The first-order chi connectivity index (χ1) is 11.6. The molecule has 1 unspecified atom stereocenters. The Hall–Kier alpha value is -1.56. The first-order valence-corrected chi connectivity index (χ1v) is 9.27. The number of alkyl carbamates (subject to hydrolysis) is 1. The fourth-order valence-electron chi connectivity index (χ4n) is 2.61. The van der Waals surface area contributed by atoms with Gasteiger partial charge >= 0.3 is 6.09 Å². The summed E-state index contributed by atoms with van der Waals surface area (Å²) < 4.78 is 7.35. The first kappa shape index (κ1) is 21.5. The molecule has 2 N–H and O–H groups in total. The van der Waals surface area contributed by atoms with Gasteiger partial charge in [0.25, 0.3) is 0 Å². The Morgan fingerprint density at radius 3 is 2.48 bits per heavy atom. The summed E-state index contributed by atoms with van der Waals surface area (Å²) in [6.07, 6.45) is 0.689. The minimum atomic E-state index is -0.460. The second-order valence-electron chi connectivity index (χ2n) is 8.09. The second-order valence-corrected chi connectivity index (χ2v) is 8.09. The number of hydrogen-bond donors (Lipinski definition) is 2. The molecule has 0 saturated heterocycles. The largest absolute Gasteiger partial charge is 0.444 e. The van der Waals surface area contributed by atoms with Crippen molar-refractivity contribution >= 4 is 6.09 Å². The number of ether oxygens (including phenoxy) is 1. The zero-order chi connectivity index (χ0) is 19.0. The molecule has 1 atom stereocenters. The van der Waals surface area contributed by atoms with Crippen molar-refractivity contribution in [2.45, 2.75) is 67.0 Å². The van der Waals surface area contributed by atoms with Crippen LogP contribution in [0.2, 0.25) is 0 Å². The van der Waals surface area contributed by atoms with Crippen LogP contribution in [0.25, 0.3) is 0 Å². The van der Waals surface area contributed by atoms with Crippen molar-refractivity contribution < 1.29 is 9.53 Å². The van der Waals surface area contributed by atoms with Crippen LogP contribution in [-0.4, -0.2) is 41.1 Å². The molecule has 1 aromatic rings. The molecule has 0 saturated carbocycles. The average Bonchev–Trinajstić information content (AvgIpc) is 2.77. The zero-order valence-electron chi connectivity index (χ0n) is 17.0. The minimum Gasteiger partial charge on any atom is -0.444 e. The highest BCUT2D eigenvalue weighted by Crippen LogP contribution is 2.10. The van der Waals surface area contributed by atoms with Crippen LogP contribution in [-0.2, 0) is 11.3 Å². The Kier molecular flexibility index (Phi) is 8.42. The number of aryl methyl sites for hydroxylation is 3. The van der Waals surface area contributed by atoms with Gasteiger partial charge in [0.15, 0.2) is 0 Å². The Morgan fingerprint density at radius 2 is 1.96 bits per heavy atom. The van der Waals surface area contributed by atoms with Gasteiger partial charge in [-0.25, -0.2) is 4.79 Å². The number of carbonyl (C=O) groups is 1. The molecule has 0 spiro atoms. The molecule has 144 valence electrons. The summed E-state index contributed by atoms with van der Waals surface area (Å²) in [5, 5.41) is 10.9. The van der Waals surface area contributed by atoms with Gasteiger partial charge in [-0.05, 0) is 72.0 Å². The van der Waals surface area contributed by atoms with Crippen molar-refractivity contribution in [1.29, 1.82) is 0 Å². The van der Waals surface area contributed by atoms with Crippen LogP contribution < -0.4 is 10.6 Å². The minimum absolute atomic E-state index is 0.345. The summed E-state index contributed by atoms with van der Waals surface area (Å²) in [6, 6.07) is 2.10. The Morgan fingerprint density at radius 1 is 1.28 bits per heavy atom. The standard InChI is InChI=1S/C19H36N4O2/c1-14(2)17(13-21-18(24)25-19(5,6)7)12-20-9-8-10-23-16(4)11-15(3)22-23/h11,14,17,20H,8-10,12-13H2,1-7H3,(H,21,24). The van der Waals surface area contributed by atoms with E-state index >= 15 is 0 Å².